The molecule has 1 aliphatic rings. The first-order valence-corrected chi connectivity index (χ1v) is 9.68. The summed E-state index contributed by atoms with van der Waals surface area (Å²) in [7, 11) is 6.30. The Kier molecular flexibility index (Phi) is 10.7. The van der Waals surface area contributed by atoms with Gasteiger partial charge in [-0.05, 0) is 58.1 Å². The Morgan fingerprint density at radius 2 is 2.00 bits per heavy atom. The van der Waals surface area contributed by atoms with E-state index in [0.29, 0.717) is 29.1 Å². The molecule has 0 saturated carbocycles. The molecule has 1 saturated heterocycles. The molecule has 1 heterocycles. The number of halogens is 2. The number of carbonyl (C=O) groups excluding carboxylic acids is 1. The van der Waals surface area contributed by atoms with E-state index in [9.17, 15) is 4.79 Å². The largest absolute Gasteiger partial charge is 0.483 e. The van der Waals surface area contributed by atoms with Crippen molar-refractivity contribution >= 4 is 35.6 Å². The van der Waals surface area contributed by atoms with Gasteiger partial charge in [-0.3, -0.25) is 9.59 Å². The number of benzene rings is 1. The Hall–Kier alpha value is -1.34. The van der Waals surface area contributed by atoms with Crippen molar-refractivity contribution in [3.8, 4) is 0 Å². The second-order valence-electron chi connectivity index (χ2n) is 7.00. The summed E-state index contributed by atoms with van der Waals surface area (Å²) in [6.07, 6.45) is 2.70. The second kappa shape index (κ2) is 12.2. The number of carboxylic acid groups (broad SMARTS) is 1. The minimum Gasteiger partial charge on any atom is -0.483 e. The van der Waals surface area contributed by atoms with Crippen molar-refractivity contribution < 1.29 is 14.7 Å². The van der Waals surface area contributed by atoms with E-state index >= 15 is 0 Å². The molecule has 0 spiro atoms. The zero-order chi connectivity index (χ0) is 20.4. The maximum atomic E-state index is 12.5. The molecule has 152 valence electrons. The number of hydrogen-bond donors (Lipinski definition) is 2. The van der Waals surface area contributed by atoms with Gasteiger partial charge in [-0.2, -0.15) is 0 Å². The molecule has 0 bridgehead atoms. The zero-order valence-electron chi connectivity index (χ0n) is 16.1. The average molecular weight is 418 g/mol. The fraction of sp³-hybridized carbons (Fsp3) is 0.579. The molecule has 0 unspecified atom stereocenters. The Bertz CT molecular complexity index is 614. The van der Waals surface area contributed by atoms with Crippen molar-refractivity contribution in [1.82, 2.24) is 15.1 Å². The van der Waals surface area contributed by atoms with Gasteiger partial charge in [-0.15, -0.1) is 0 Å². The standard InChI is InChI=1S/C18H27Cl2N3O.CH2O2/c1-22(2)16-7-5-14(11-23(3)12-16)18(24)21-9-8-13-4-6-15(19)10-17(13)20;2-1-3/h4,6,10,14,16H,5,7-9,11-12H2,1-3H3,(H,21,24);1H,(H,2,3)/t14-,16+;/m1./s1. The minimum absolute atomic E-state index is 0.0561. The normalized spacial score (nSPS) is 20.4. The molecule has 6 nitrogen and oxygen atoms in total. The molecule has 1 aliphatic heterocycles. The van der Waals surface area contributed by atoms with Crippen LogP contribution in [0.3, 0.4) is 0 Å². The van der Waals surface area contributed by atoms with Gasteiger partial charge in [0.25, 0.3) is 6.47 Å². The van der Waals surface area contributed by atoms with E-state index in [-0.39, 0.29) is 18.3 Å². The molecule has 27 heavy (non-hydrogen) atoms. The SMILES string of the molecule is CN1C[C@H](C(=O)NCCc2ccc(Cl)cc2Cl)CC[C@H](N(C)C)C1.O=CO. The quantitative estimate of drug-likeness (QED) is 0.720. The number of likely N-dealkylation sites (tertiary alicyclic amines) is 1. The Balaban J connectivity index is 0.00000114. The van der Waals surface area contributed by atoms with E-state index in [2.05, 4.69) is 36.3 Å². The monoisotopic (exact) mass is 417 g/mol. The number of hydrogen-bond acceptors (Lipinski definition) is 4. The van der Waals surface area contributed by atoms with E-state index in [1.807, 2.05) is 12.1 Å². The van der Waals surface area contributed by atoms with Gasteiger partial charge in [-0.25, -0.2) is 0 Å². The molecule has 1 fully saturated rings. The predicted molar refractivity (Wildman–Crippen MR) is 110 cm³/mol. The van der Waals surface area contributed by atoms with Crippen molar-refractivity contribution in [2.45, 2.75) is 25.3 Å². The summed E-state index contributed by atoms with van der Waals surface area (Å²) in [4.78, 5) is 25.4. The van der Waals surface area contributed by atoms with Crippen molar-refractivity contribution in [2.75, 3.05) is 40.8 Å². The van der Waals surface area contributed by atoms with Crippen LogP contribution < -0.4 is 5.32 Å². The van der Waals surface area contributed by atoms with Crippen molar-refractivity contribution in [1.29, 1.82) is 0 Å². The molecule has 8 heteroatoms. The summed E-state index contributed by atoms with van der Waals surface area (Å²) in [5.41, 5.74) is 1.01. The average Bonchev–Trinajstić information content (AvgIpc) is 2.79. The maximum Gasteiger partial charge on any atom is 0.290 e. The number of rotatable bonds is 5. The highest BCUT2D eigenvalue weighted by molar-refractivity contribution is 6.35. The smallest absolute Gasteiger partial charge is 0.290 e. The van der Waals surface area contributed by atoms with Crippen molar-refractivity contribution in [3.05, 3.63) is 33.8 Å². The van der Waals surface area contributed by atoms with Crippen LogP contribution in [-0.4, -0.2) is 74.1 Å². The van der Waals surface area contributed by atoms with Crippen LogP contribution in [0.5, 0.6) is 0 Å². The van der Waals surface area contributed by atoms with Gasteiger partial charge in [0.1, 0.15) is 0 Å². The Morgan fingerprint density at radius 3 is 2.59 bits per heavy atom. The number of carbonyl (C=O) groups is 2. The highest BCUT2D eigenvalue weighted by Crippen LogP contribution is 2.21. The number of nitrogens with zero attached hydrogens (tertiary/aromatic N) is 2. The Morgan fingerprint density at radius 1 is 1.33 bits per heavy atom. The van der Waals surface area contributed by atoms with Gasteiger partial charge >= 0.3 is 0 Å². The lowest BCUT2D eigenvalue weighted by atomic mass is 10.0. The first kappa shape index (κ1) is 23.7. The summed E-state index contributed by atoms with van der Waals surface area (Å²) in [6, 6.07) is 5.99. The molecular formula is C19H29Cl2N3O3. The van der Waals surface area contributed by atoms with Crippen LogP contribution in [0, 0.1) is 5.92 Å². The predicted octanol–water partition coefficient (Wildman–Crippen LogP) is 2.62. The molecule has 1 aromatic rings. The lowest BCUT2D eigenvalue weighted by Gasteiger charge is -2.25. The zero-order valence-corrected chi connectivity index (χ0v) is 17.6. The minimum atomic E-state index is -0.250. The van der Waals surface area contributed by atoms with E-state index in [1.165, 1.54) is 0 Å². The highest BCUT2D eigenvalue weighted by atomic mass is 35.5. The van der Waals surface area contributed by atoms with Crippen LogP contribution in [0.15, 0.2) is 18.2 Å². The van der Waals surface area contributed by atoms with Crippen LogP contribution >= 0.6 is 23.2 Å². The van der Waals surface area contributed by atoms with E-state index in [4.69, 9.17) is 33.1 Å². The van der Waals surface area contributed by atoms with E-state index in [1.54, 1.807) is 6.07 Å². The third kappa shape index (κ3) is 8.47. The molecular weight excluding hydrogens is 389 g/mol. The van der Waals surface area contributed by atoms with Crippen LogP contribution in [0.2, 0.25) is 10.0 Å². The second-order valence-corrected chi connectivity index (χ2v) is 7.84. The lowest BCUT2D eigenvalue weighted by molar-refractivity contribution is -0.125. The third-order valence-electron chi connectivity index (χ3n) is 4.71. The summed E-state index contributed by atoms with van der Waals surface area (Å²) >= 11 is 12.1. The van der Waals surface area contributed by atoms with Gasteiger partial charge in [-0.1, -0.05) is 29.3 Å². The first-order valence-electron chi connectivity index (χ1n) is 8.93. The molecule has 2 N–H and O–H groups in total. The molecule has 2 rings (SSSR count). The summed E-state index contributed by atoms with van der Waals surface area (Å²) < 4.78 is 0. The number of likely N-dealkylation sites (N-methyl/N-ethyl adjacent to an activating group) is 2. The highest BCUT2D eigenvalue weighted by Gasteiger charge is 2.27. The fourth-order valence-electron chi connectivity index (χ4n) is 3.21. The van der Waals surface area contributed by atoms with Crippen molar-refractivity contribution in [2.24, 2.45) is 5.92 Å². The molecule has 0 aromatic heterocycles. The Labute approximate surface area is 171 Å². The molecule has 0 aliphatic carbocycles. The van der Waals surface area contributed by atoms with E-state index in [0.717, 1.165) is 31.5 Å². The number of nitrogens with one attached hydrogen (secondary N) is 1. The molecule has 0 radical (unpaired) electrons. The summed E-state index contributed by atoms with van der Waals surface area (Å²) in [6.45, 7) is 2.17. The molecule has 1 amide bonds. The summed E-state index contributed by atoms with van der Waals surface area (Å²) in [5, 5.41) is 11.2. The maximum absolute atomic E-state index is 12.5. The van der Waals surface area contributed by atoms with Crippen LogP contribution in [0.4, 0.5) is 0 Å². The van der Waals surface area contributed by atoms with Gasteiger partial charge in [0, 0.05) is 35.7 Å². The first-order chi connectivity index (χ1) is 12.8. The van der Waals surface area contributed by atoms with Gasteiger partial charge in [0.2, 0.25) is 5.91 Å². The van der Waals surface area contributed by atoms with Crippen LogP contribution in [0.1, 0.15) is 18.4 Å². The van der Waals surface area contributed by atoms with Crippen molar-refractivity contribution in [3.63, 3.8) is 0 Å². The van der Waals surface area contributed by atoms with Crippen LogP contribution in [0.25, 0.3) is 0 Å². The molecule has 2 atom stereocenters. The lowest BCUT2D eigenvalue weighted by Crippen LogP contribution is -2.39. The third-order valence-corrected chi connectivity index (χ3v) is 5.30. The van der Waals surface area contributed by atoms with E-state index < -0.39 is 0 Å². The molecule has 1 aromatic carbocycles. The fourth-order valence-corrected chi connectivity index (χ4v) is 3.71. The topological polar surface area (TPSA) is 72.9 Å². The van der Waals surface area contributed by atoms with Gasteiger partial charge in [0.05, 0.1) is 5.92 Å². The van der Waals surface area contributed by atoms with Gasteiger partial charge in [0.15, 0.2) is 0 Å². The van der Waals surface area contributed by atoms with Crippen LogP contribution in [-0.2, 0) is 16.0 Å². The summed E-state index contributed by atoms with van der Waals surface area (Å²) in [5.74, 6) is 0.201. The number of amides is 1. The van der Waals surface area contributed by atoms with Gasteiger partial charge < -0.3 is 20.2 Å².